The van der Waals surface area contributed by atoms with Crippen molar-refractivity contribution >= 4 is 27.5 Å². The highest BCUT2D eigenvalue weighted by molar-refractivity contribution is 7.98. The van der Waals surface area contributed by atoms with E-state index in [9.17, 15) is 17.6 Å². The van der Waals surface area contributed by atoms with Crippen LogP contribution in [0.5, 0.6) is 0 Å². The molecule has 1 fully saturated rings. The molecule has 0 unspecified atom stereocenters. The van der Waals surface area contributed by atoms with Crippen molar-refractivity contribution in [3.05, 3.63) is 35.6 Å². The molecule has 0 saturated carbocycles. The average molecular weight is 345 g/mol. The minimum atomic E-state index is -3.01. The quantitative estimate of drug-likeness (QED) is 0.768. The first-order valence-electron chi connectivity index (χ1n) is 7.27. The van der Waals surface area contributed by atoms with Gasteiger partial charge >= 0.3 is 0 Å². The first kappa shape index (κ1) is 17.3. The van der Waals surface area contributed by atoms with E-state index in [0.717, 1.165) is 12.2 Å². The second-order valence-electron chi connectivity index (χ2n) is 5.39. The summed E-state index contributed by atoms with van der Waals surface area (Å²) in [5.74, 6) is 0.769. The number of nitrogens with one attached hydrogen (secondary N) is 1. The first-order chi connectivity index (χ1) is 10.5. The number of rotatable bonds is 7. The van der Waals surface area contributed by atoms with Crippen LogP contribution < -0.4 is 5.32 Å². The third-order valence-electron chi connectivity index (χ3n) is 3.58. The minimum Gasteiger partial charge on any atom is -0.356 e. The molecule has 7 heteroatoms. The molecular formula is C15H20FNO3S2. The van der Waals surface area contributed by atoms with Gasteiger partial charge in [-0.3, -0.25) is 4.79 Å². The lowest BCUT2D eigenvalue weighted by molar-refractivity contribution is -0.124. The zero-order valence-corrected chi connectivity index (χ0v) is 13.9. The molecule has 1 aromatic rings. The predicted molar refractivity (Wildman–Crippen MR) is 86.9 cm³/mol. The van der Waals surface area contributed by atoms with E-state index in [1.54, 1.807) is 23.9 Å². The van der Waals surface area contributed by atoms with Crippen molar-refractivity contribution < 1.29 is 17.6 Å². The van der Waals surface area contributed by atoms with E-state index in [2.05, 4.69) is 5.32 Å². The minimum absolute atomic E-state index is 0.0269. The molecule has 122 valence electrons. The van der Waals surface area contributed by atoms with Crippen LogP contribution >= 0.6 is 11.8 Å². The van der Waals surface area contributed by atoms with Crippen LogP contribution in [0, 0.1) is 11.7 Å². The molecule has 1 N–H and O–H groups in total. The Kier molecular flexibility index (Phi) is 6.26. The zero-order valence-electron chi connectivity index (χ0n) is 12.3. The Hall–Kier alpha value is -1.08. The van der Waals surface area contributed by atoms with E-state index in [1.807, 2.05) is 6.07 Å². The normalized spacial score (nSPS) is 20.0. The van der Waals surface area contributed by atoms with Gasteiger partial charge in [0.15, 0.2) is 9.84 Å². The average Bonchev–Trinajstić information content (AvgIpc) is 2.84. The lowest BCUT2D eigenvalue weighted by Gasteiger charge is -2.09. The molecular weight excluding hydrogens is 325 g/mol. The van der Waals surface area contributed by atoms with Gasteiger partial charge in [-0.2, -0.15) is 11.8 Å². The van der Waals surface area contributed by atoms with Gasteiger partial charge in [0.2, 0.25) is 5.91 Å². The highest BCUT2D eigenvalue weighted by atomic mass is 32.2. The van der Waals surface area contributed by atoms with Gasteiger partial charge < -0.3 is 5.32 Å². The smallest absolute Gasteiger partial charge is 0.224 e. The van der Waals surface area contributed by atoms with Crippen molar-refractivity contribution in [2.75, 3.05) is 23.8 Å². The van der Waals surface area contributed by atoms with Crippen LogP contribution in [0.25, 0.3) is 0 Å². The summed E-state index contributed by atoms with van der Waals surface area (Å²) in [6.07, 6.45) is 1.21. The number of amides is 1. The van der Waals surface area contributed by atoms with Gasteiger partial charge in [-0.25, -0.2) is 12.8 Å². The van der Waals surface area contributed by atoms with Gasteiger partial charge in [0.1, 0.15) is 5.82 Å². The maximum Gasteiger partial charge on any atom is 0.224 e. The number of hydrogen-bond acceptors (Lipinski definition) is 4. The summed E-state index contributed by atoms with van der Waals surface area (Å²) in [7, 11) is -3.01. The van der Waals surface area contributed by atoms with Crippen molar-refractivity contribution in [1.82, 2.24) is 5.32 Å². The second-order valence-corrected chi connectivity index (χ2v) is 8.72. The summed E-state index contributed by atoms with van der Waals surface area (Å²) in [6, 6.07) is 6.70. The van der Waals surface area contributed by atoms with Crippen LogP contribution in [0.2, 0.25) is 0 Å². The standard InChI is InChI=1S/C15H20FNO3S2/c16-14-5-2-1-4-12(14)10-21-8-3-7-17-15(18)13-6-9-22(19,20)11-13/h1-2,4-5,13H,3,6-11H2,(H,17,18)/t13-/m1/s1. The monoisotopic (exact) mass is 345 g/mol. The molecule has 0 spiro atoms. The van der Waals surface area contributed by atoms with Crippen LogP contribution in [0.3, 0.4) is 0 Å². The van der Waals surface area contributed by atoms with E-state index in [4.69, 9.17) is 0 Å². The summed E-state index contributed by atoms with van der Waals surface area (Å²) in [5, 5.41) is 2.78. The number of carbonyl (C=O) groups excluding carboxylic acids is 1. The third kappa shape index (κ3) is 5.28. The lowest BCUT2D eigenvalue weighted by atomic mass is 10.1. The molecule has 1 aromatic carbocycles. The molecule has 4 nitrogen and oxygen atoms in total. The first-order valence-corrected chi connectivity index (χ1v) is 10.2. The molecule has 1 heterocycles. The van der Waals surface area contributed by atoms with Crippen LogP contribution in [0.15, 0.2) is 24.3 Å². The molecule has 0 bridgehead atoms. The summed E-state index contributed by atoms with van der Waals surface area (Å²) in [5.41, 5.74) is 0.688. The largest absolute Gasteiger partial charge is 0.356 e. The predicted octanol–water partition coefficient (Wildman–Crippen LogP) is 2.00. The summed E-state index contributed by atoms with van der Waals surface area (Å²) >= 11 is 1.62. The Labute approximate surface area is 134 Å². The van der Waals surface area contributed by atoms with Gasteiger partial charge in [0.05, 0.1) is 17.4 Å². The van der Waals surface area contributed by atoms with Crippen molar-refractivity contribution in [3.63, 3.8) is 0 Å². The van der Waals surface area contributed by atoms with E-state index < -0.39 is 15.8 Å². The highest BCUT2D eigenvalue weighted by Crippen LogP contribution is 2.18. The van der Waals surface area contributed by atoms with Crippen molar-refractivity contribution in [1.29, 1.82) is 0 Å². The maximum atomic E-state index is 13.4. The van der Waals surface area contributed by atoms with Crippen LogP contribution in [0.4, 0.5) is 4.39 Å². The lowest BCUT2D eigenvalue weighted by Crippen LogP contribution is -2.32. The summed E-state index contributed by atoms with van der Waals surface area (Å²) in [4.78, 5) is 11.8. The SMILES string of the molecule is O=C(NCCCSCc1ccccc1F)[C@@H]1CCS(=O)(=O)C1. The van der Waals surface area contributed by atoms with E-state index in [-0.39, 0.29) is 23.2 Å². The van der Waals surface area contributed by atoms with Crippen molar-refractivity contribution in [2.24, 2.45) is 5.92 Å². The number of thioether (sulfide) groups is 1. The number of halogens is 1. The van der Waals surface area contributed by atoms with Gasteiger partial charge in [0, 0.05) is 12.3 Å². The van der Waals surface area contributed by atoms with Crippen LogP contribution in [0.1, 0.15) is 18.4 Å². The Morgan fingerprint density at radius 2 is 2.14 bits per heavy atom. The number of hydrogen-bond donors (Lipinski definition) is 1. The van der Waals surface area contributed by atoms with Crippen LogP contribution in [-0.4, -0.2) is 38.1 Å². The zero-order chi connectivity index (χ0) is 16.0. The van der Waals surface area contributed by atoms with Gasteiger partial charge in [-0.15, -0.1) is 0 Å². The molecule has 1 aliphatic heterocycles. The fourth-order valence-electron chi connectivity index (χ4n) is 2.33. The van der Waals surface area contributed by atoms with E-state index in [1.165, 1.54) is 6.07 Å². The molecule has 1 amide bonds. The van der Waals surface area contributed by atoms with Gasteiger partial charge in [0.25, 0.3) is 0 Å². The van der Waals surface area contributed by atoms with Crippen molar-refractivity contribution in [2.45, 2.75) is 18.6 Å². The molecule has 22 heavy (non-hydrogen) atoms. The summed E-state index contributed by atoms with van der Waals surface area (Å²) in [6.45, 7) is 0.527. The number of sulfone groups is 1. The number of carbonyl (C=O) groups is 1. The Morgan fingerprint density at radius 1 is 1.36 bits per heavy atom. The molecule has 0 radical (unpaired) electrons. The molecule has 1 saturated heterocycles. The Bertz CT molecular complexity index is 619. The van der Waals surface area contributed by atoms with Crippen molar-refractivity contribution in [3.8, 4) is 0 Å². The van der Waals surface area contributed by atoms with Gasteiger partial charge in [-0.1, -0.05) is 18.2 Å². The maximum absolute atomic E-state index is 13.4. The molecule has 0 aliphatic carbocycles. The van der Waals surface area contributed by atoms with Gasteiger partial charge in [-0.05, 0) is 30.2 Å². The Morgan fingerprint density at radius 3 is 2.82 bits per heavy atom. The molecule has 0 aromatic heterocycles. The van der Waals surface area contributed by atoms with E-state index in [0.29, 0.717) is 24.3 Å². The van der Waals surface area contributed by atoms with E-state index >= 15 is 0 Å². The highest BCUT2D eigenvalue weighted by Gasteiger charge is 2.32. The molecule has 1 aliphatic rings. The fourth-order valence-corrected chi connectivity index (χ4v) is 5.02. The Balaban J connectivity index is 1.58. The molecule has 1 atom stereocenters. The fraction of sp³-hybridized carbons (Fsp3) is 0.533. The topological polar surface area (TPSA) is 63.2 Å². The summed E-state index contributed by atoms with van der Waals surface area (Å²) < 4.78 is 36.0. The third-order valence-corrected chi connectivity index (χ3v) is 6.44. The molecule has 2 rings (SSSR count). The number of benzene rings is 1. The van der Waals surface area contributed by atoms with Crippen LogP contribution in [-0.2, 0) is 20.4 Å². The second kappa shape index (κ2) is 7.97.